The first-order valence-corrected chi connectivity index (χ1v) is 7.45. The Bertz CT molecular complexity index is 760. The van der Waals surface area contributed by atoms with Gasteiger partial charge in [-0.2, -0.15) is 0 Å². The van der Waals surface area contributed by atoms with Crippen molar-refractivity contribution in [3.05, 3.63) is 59.4 Å². The van der Waals surface area contributed by atoms with Gasteiger partial charge < -0.3 is 18.8 Å². The summed E-state index contributed by atoms with van der Waals surface area (Å²) in [7, 11) is 2.37. The molecule has 25 heavy (non-hydrogen) atoms. The van der Waals surface area contributed by atoms with Crippen LogP contribution < -0.4 is 0 Å². The molecule has 1 atom stereocenters. The lowest BCUT2D eigenvalue weighted by molar-refractivity contribution is -0.108. The summed E-state index contributed by atoms with van der Waals surface area (Å²) in [5.74, 6) is -1.86. The molecule has 130 valence electrons. The second-order valence-electron chi connectivity index (χ2n) is 5.11. The Morgan fingerprint density at radius 3 is 1.92 bits per heavy atom. The van der Waals surface area contributed by atoms with Crippen LogP contribution >= 0.6 is 0 Å². The zero-order valence-corrected chi connectivity index (χ0v) is 13.8. The number of methoxy groups -OCH3 is 2. The van der Waals surface area contributed by atoms with Crippen LogP contribution in [0.15, 0.2) is 42.5 Å². The molecule has 0 saturated carbocycles. The molecule has 1 unspecified atom stereocenters. The number of aromatic nitrogens is 1. The summed E-state index contributed by atoms with van der Waals surface area (Å²) in [4.78, 5) is 48.1. The van der Waals surface area contributed by atoms with Gasteiger partial charge in [0.15, 0.2) is 5.78 Å². The Kier molecular flexibility index (Phi) is 5.84. The molecule has 2 rings (SSSR count). The molecule has 0 aliphatic rings. The Hall–Kier alpha value is -3.22. The Balaban J connectivity index is 2.62. The minimum Gasteiger partial charge on any atom is -0.464 e. The van der Waals surface area contributed by atoms with Crippen LogP contribution in [-0.2, 0) is 14.3 Å². The van der Waals surface area contributed by atoms with E-state index in [9.17, 15) is 19.2 Å². The lowest BCUT2D eigenvalue weighted by atomic mass is 10.0. The van der Waals surface area contributed by atoms with Crippen molar-refractivity contribution in [3.8, 4) is 0 Å². The number of carbonyl (C=O) groups is 4. The third kappa shape index (κ3) is 3.65. The topological polar surface area (TPSA) is 91.7 Å². The Morgan fingerprint density at radius 2 is 1.48 bits per heavy atom. The lowest BCUT2D eigenvalue weighted by Crippen LogP contribution is -2.27. The average Bonchev–Trinajstić information content (AvgIpc) is 3.09. The van der Waals surface area contributed by atoms with E-state index in [0.717, 1.165) is 0 Å². The van der Waals surface area contributed by atoms with E-state index >= 15 is 0 Å². The fourth-order valence-corrected chi connectivity index (χ4v) is 2.54. The first-order valence-electron chi connectivity index (χ1n) is 7.45. The third-order valence-corrected chi connectivity index (χ3v) is 3.70. The van der Waals surface area contributed by atoms with Gasteiger partial charge in [-0.25, -0.2) is 9.59 Å². The van der Waals surface area contributed by atoms with Gasteiger partial charge in [-0.3, -0.25) is 4.79 Å². The second-order valence-corrected chi connectivity index (χ2v) is 5.11. The van der Waals surface area contributed by atoms with E-state index in [1.54, 1.807) is 30.3 Å². The number of aldehydes is 1. The number of hydrogen-bond donors (Lipinski definition) is 0. The van der Waals surface area contributed by atoms with Crippen LogP contribution in [0.3, 0.4) is 0 Å². The van der Waals surface area contributed by atoms with E-state index in [0.29, 0.717) is 11.8 Å². The number of carbonyl (C=O) groups excluding carboxylic acids is 4. The number of ketones is 1. The van der Waals surface area contributed by atoms with Crippen molar-refractivity contribution in [1.29, 1.82) is 0 Å². The number of benzene rings is 1. The van der Waals surface area contributed by atoms with E-state index in [1.807, 2.05) is 0 Å². The molecule has 0 aliphatic heterocycles. The maximum atomic E-state index is 12.9. The van der Waals surface area contributed by atoms with Crippen LogP contribution in [0.25, 0.3) is 0 Å². The molecule has 1 heterocycles. The quantitative estimate of drug-likeness (QED) is 0.434. The standard InChI is InChI=1S/C18H17NO6/c1-24-17(22)14-8-9-15(18(23)25-2)19(14)13(10-11-20)16(21)12-6-4-3-5-7-12/h3-9,11,13H,10H2,1-2H3. The smallest absolute Gasteiger partial charge is 0.354 e. The molecule has 7 nitrogen and oxygen atoms in total. The minimum absolute atomic E-state index is 0.0148. The molecule has 0 fully saturated rings. The largest absolute Gasteiger partial charge is 0.464 e. The molecule has 0 aliphatic carbocycles. The number of esters is 2. The molecule has 2 aromatic rings. The van der Waals surface area contributed by atoms with Gasteiger partial charge in [0.1, 0.15) is 23.7 Å². The maximum Gasteiger partial charge on any atom is 0.354 e. The summed E-state index contributed by atoms with van der Waals surface area (Å²) in [6.07, 6.45) is 0.351. The molecular formula is C18H17NO6. The highest BCUT2D eigenvalue weighted by Crippen LogP contribution is 2.24. The van der Waals surface area contributed by atoms with Crippen LogP contribution in [0.4, 0.5) is 0 Å². The van der Waals surface area contributed by atoms with Crippen molar-refractivity contribution in [3.63, 3.8) is 0 Å². The van der Waals surface area contributed by atoms with Crippen LogP contribution in [0.5, 0.6) is 0 Å². The van der Waals surface area contributed by atoms with E-state index in [-0.39, 0.29) is 17.8 Å². The summed E-state index contributed by atoms with van der Waals surface area (Å²) in [5, 5.41) is 0. The summed E-state index contributed by atoms with van der Waals surface area (Å²) in [6, 6.07) is 9.95. The van der Waals surface area contributed by atoms with E-state index in [2.05, 4.69) is 0 Å². The number of hydrogen-bond acceptors (Lipinski definition) is 6. The van der Waals surface area contributed by atoms with Crippen molar-refractivity contribution >= 4 is 24.0 Å². The van der Waals surface area contributed by atoms with Crippen LogP contribution in [0, 0.1) is 0 Å². The first-order chi connectivity index (χ1) is 12.0. The number of Topliss-reactive ketones (excluding diaryl/α,β-unsaturated/α-hetero) is 1. The molecule has 0 bridgehead atoms. The minimum atomic E-state index is -1.07. The van der Waals surface area contributed by atoms with E-state index < -0.39 is 23.8 Å². The summed E-state index contributed by atoms with van der Waals surface area (Å²) in [5.41, 5.74) is 0.327. The molecule has 7 heteroatoms. The number of ether oxygens (including phenoxy) is 2. The van der Waals surface area contributed by atoms with Crippen molar-refractivity contribution in [2.75, 3.05) is 14.2 Å². The SMILES string of the molecule is COC(=O)c1ccc(C(=O)OC)n1C(CC=O)C(=O)c1ccccc1. The molecule has 1 aromatic heterocycles. The van der Waals surface area contributed by atoms with Gasteiger partial charge in [-0.05, 0) is 12.1 Å². The lowest BCUT2D eigenvalue weighted by Gasteiger charge is -2.20. The van der Waals surface area contributed by atoms with Gasteiger partial charge in [-0.15, -0.1) is 0 Å². The molecule has 0 amide bonds. The average molecular weight is 343 g/mol. The predicted molar refractivity (Wildman–Crippen MR) is 87.6 cm³/mol. The van der Waals surface area contributed by atoms with Crippen molar-refractivity contribution in [2.45, 2.75) is 12.5 Å². The monoisotopic (exact) mass is 343 g/mol. The highest BCUT2D eigenvalue weighted by molar-refractivity contribution is 6.02. The summed E-state index contributed by atoms with van der Waals surface area (Å²) in [6.45, 7) is 0. The van der Waals surface area contributed by atoms with E-state index in [4.69, 9.17) is 9.47 Å². The van der Waals surface area contributed by atoms with Crippen molar-refractivity contribution in [1.82, 2.24) is 4.57 Å². The Morgan fingerprint density at radius 1 is 0.960 bits per heavy atom. The van der Waals surface area contributed by atoms with Gasteiger partial charge in [0.25, 0.3) is 0 Å². The highest BCUT2D eigenvalue weighted by atomic mass is 16.5. The van der Waals surface area contributed by atoms with Crippen LogP contribution in [0.1, 0.15) is 43.8 Å². The summed E-state index contributed by atoms with van der Waals surface area (Å²) >= 11 is 0. The van der Waals surface area contributed by atoms with E-state index in [1.165, 1.54) is 30.9 Å². The first kappa shape index (κ1) is 18.1. The third-order valence-electron chi connectivity index (χ3n) is 3.70. The zero-order chi connectivity index (χ0) is 18.4. The van der Waals surface area contributed by atoms with Crippen molar-refractivity contribution in [2.24, 2.45) is 0 Å². The zero-order valence-electron chi connectivity index (χ0n) is 13.8. The Labute approximate surface area is 144 Å². The van der Waals surface area contributed by atoms with Crippen molar-refractivity contribution < 1.29 is 28.7 Å². The van der Waals surface area contributed by atoms with Crippen LogP contribution in [-0.4, -0.2) is 42.8 Å². The van der Waals surface area contributed by atoms with Gasteiger partial charge in [0.2, 0.25) is 0 Å². The second kappa shape index (κ2) is 8.05. The normalized spacial score (nSPS) is 11.4. The molecule has 0 radical (unpaired) electrons. The maximum absolute atomic E-state index is 12.9. The fourth-order valence-electron chi connectivity index (χ4n) is 2.54. The molecular weight excluding hydrogens is 326 g/mol. The predicted octanol–water partition coefficient (Wildman–Crippen LogP) is 2.07. The van der Waals surface area contributed by atoms with Gasteiger partial charge in [-0.1, -0.05) is 30.3 Å². The summed E-state index contributed by atoms with van der Waals surface area (Å²) < 4.78 is 10.6. The highest BCUT2D eigenvalue weighted by Gasteiger charge is 2.30. The van der Waals surface area contributed by atoms with Gasteiger partial charge >= 0.3 is 11.9 Å². The molecule has 1 aromatic carbocycles. The molecule has 0 spiro atoms. The van der Waals surface area contributed by atoms with Crippen LogP contribution in [0.2, 0.25) is 0 Å². The molecule has 0 N–H and O–H groups in total. The fraction of sp³-hybridized carbons (Fsp3) is 0.222. The number of rotatable bonds is 7. The number of nitrogens with zero attached hydrogens (tertiary/aromatic N) is 1. The van der Waals surface area contributed by atoms with Gasteiger partial charge in [0, 0.05) is 12.0 Å². The van der Waals surface area contributed by atoms with Gasteiger partial charge in [0.05, 0.1) is 14.2 Å². The molecule has 0 saturated heterocycles.